The van der Waals surface area contributed by atoms with Gasteiger partial charge in [0, 0.05) is 9.49 Å². The number of carbonyl (C=O) groups excluding carboxylic acids is 1. The first-order valence-corrected chi connectivity index (χ1v) is 6.42. The summed E-state index contributed by atoms with van der Waals surface area (Å²) in [5, 5.41) is 0. The van der Waals surface area contributed by atoms with Gasteiger partial charge in [-0.15, -0.1) is 0 Å². The summed E-state index contributed by atoms with van der Waals surface area (Å²) >= 11 is 5.70. The van der Waals surface area contributed by atoms with Crippen molar-refractivity contribution >= 4 is 44.3 Å². The highest BCUT2D eigenvalue weighted by Gasteiger charge is 2.19. The molecule has 0 saturated heterocycles. The zero-order chi connectivity index (χ0) is 10.7. The van der Waals surface area contributed by atoms with Crippen molar-refractivity contribution in [1.82, 2.24) is 0 Å². The van der Waals surface area contributed by atoms with Crippen LogP contribution in [-0.2, 0) is 4.79 Å². The molecule has 76 valence electrons. The number of hydrogen-bond acceptors (Lipinski definition) is 1. The minimum Gasteiger partial charge on any atom is -0.299 e. The van der Waals surface area contributed by atoms with Gasteiger partial charge in [0.05, 0.1) is 4.83 Å². The van der Waals surface area contributed by atoms with Crippen molar-refractivity contribution in [2.75, 3.05) is 0 Å². The average molecular weight is 367 g/mol. The SMILES string of the molecule is CC(=O)C(Br)C(C)c1cccc(I)c1. The molecule has 1 aromatic carbocycles. The Morgan fingerprint density at radius 1 is 1.50 bits per heavy atom. The van der Waals surface area contributed by atoms with E-state index >= 15 is 0 Å². The maximum absolute atomic E-state index is 11.2. The van der Waals surface area contributed by atoms with Gasteiger partial charge in [-0.3, -0.25) is 4.79 Å². The van der Waals surface area contributed by atoms with Gasteiger partial charge in [0.25, 0.3) is 0 Å². The zero-order valence-corrected chi connectivity index (χ0v) is 11.9. The lowest BCUT2D eigenvalue weighted by molar-refractivity contribution is -0.116. The molecule has 0 radical (unpaired) electrons. The molecule has 2 unspecified atom stereocenters. The fourth-order valence-electron chi connectivity index (χ4n) is 1.31. The van der Waals surface area contributed by atoms with Gasteiger partial charge in [0.2, 0.25) is 0 Å². The number of hydrogen-bond donors (Lipinski definition) is 0. The second-order valence-electron chi connectivity index (χ2n) is 3.36. The molecule has 1 nitrogen and oxygen atoms in total. The Bertz CT molecular complexity index is 338. The van der Waals surface area contributed by atoms with Crippen LogP contribution in [0.15, 0.2) is 24.3 Å². The highest BCUT2D eigenvalue weighted by molar-refractivity contribution is 14.1. The van der Waals surface area contributed by atoms with Crippen molar-refractivity contribution in [1.29, 1.82) is 0 Å². The third-order valence-electron chi connectivity index (χ3n) is 2.20. The fourth-order valence-corrected chi connectivity index (χ4v) is 2.18. The fraction of sp³-hybridized carbons (Fsp3) is 0.364. The first-order valence-electron chi connectivity index (χ1n) is 4.42. The number of carbonyl (C=O) groups is 1. The van der Waals surface area contributed by atoms with Crippen LogP contribution in [0.3, 0.4) is 0 Å². The Kier molecular flexibility index (Phi) is 4.57. The van der Waals surface area contributed by atoms with E-state index in [2.05, 4.69) is 57.6 Å². The Labute approximate surface area is 107 Å². The van der Waals surface area contributed by atoms with Crippen LogP contribution in [0.4, 0.5) is 0 Å². The van der Waals surface area contributed by atoms with Crippen LogP contribution < -0.4 is 0 Å². The molecule has 0 aliphatic carbocycles. The smallest absolute Gasteiger partial charge is 0.144 e. The van der Waals surface area contributed by atoms with Crippen LogP contribution >= 0.6 is 38.5 Å². The number of halogens is 2. The molecule has 0 saturated carbocycles. The monoisotopic (exact) mass is 366 g/mol. The van der Waals surface area contributed by atoms with Gasteiger partial charge in [-0.1, -0.05) is 35.0 Å². The van der Waals surface area contributed by atoms with E-state index in [1.807, 2.05) is 12.1 Å². The van der Waals surface area contributed by atoms with E-state index in [9.17, 15) is 4.79 Å². The molecule has 0 bridgehead atoms. The molecule has 0 aromatic heterocycles. The predicted molar refractivity (Wildman–Crippen MR) is 71.0 cm³/mol. The molecular formula is C11H12BrIO. The summed E-state index contributed by atoms with van der Waals surface area (Å²) in [7, 11) is 0. The van der Waals surface area contributed by atoms with Gasteiger partial charge in [-0.05, 0) is 47.2 Å². The highest BCUT2D eigenvalue weighted by atomic mass is 127. The molecule has 0 spiro atoms. The molecule has 0 amide bonds. The number of benzene rings is 1. The summed E-state index contributed by atoms with van der Waals surface area (Å²) in [5.41, 5.74) is 1.20. The standard InChI is InChI=1S/C11H12BrIO/c1-7(11(12)8(2)14)9-4-3-5-10(13)6-9/h3-7,11H,1-2H3. The average Bonchev–Trinajstić information content (AvgIpc) is 2.15. The Hall–Kier alpha value is 0.100. The van der Waals surface area contributed by atoms with Crippen molar-refractivity contribution in [2.24, 2.45) is 0 Å². The zero-order valence-electron chi connectivity index (χ0n) is 8.13. The van der Waals surface area contributed by atoms with Crippen molar-refractivity contribution in [3.63, 3.8) is 0 Å². The summed E-state index contributed by atoms with van der Waals surface area (Å²) in [6, 6.07) is 8.24. The van der Waals surface area contributed by atoms with Crippen molar-refractivity contribution in [2.45, 2.75) is 24.6 Å². The lowest BCUT2D eigenvalue weighted by Crippen LogP contribution is -2.17. The number of rotatable bonds is 3. The van der Waals surface area contributed by atoms with E-state index in [0.717, 1.165) is 0 Å². The number of ketones is 1. The number of Topliss-reactive ketones (excluding diaryl/α,β-unsaturated/α-hetero) is 1. The predicted octanol–water partition coefficient (Wildman–Crippen LogP) is 3.75. The van der Waals surface area contributed by atoms with Crippen LogP contribution in [0, 0.1) is 3.57 Å². The van der Waals surface area contributed by atoms with Crippen molar-refractivity contribution in [3.8, 4) is 0 Å². The Balaban J connectivity index is 2.89. The Morgan fingerprint density at radius 2 is 2.14 bits per heavy atom. The minimum absolute atomic E-state index is 0.0827. The maximum atomic E-state index is 11.2. The minimum atomic E-state index is -0.0827. The summed E-state index contributed by atoms with van der Waals surface area (Å²) in [6.45, 7) is 3.68. The second kappa shape index (κ2) is 5.26. The lowest BCUT2D eigenvalue weighted by Gasteiger charge is -2.16. The highest BCUT2D eigenvalue weighted by Crippen LogP contribution is 2.26. The van der Waals surface area contributed by atoms with Crippen LogP contribution in [0.2, 0.25) is 0 Å². The number of alkyl halides is 1. The van der Waals surface area contributed by atoms with E-state index in [1.54, 1.807) is 6.92 Å². The van der Waals surface area contributed by atoms with Gasteiger partial charge < -0.3 is 0 Å². The summed E-state index contributed by atoms with van der Waals surface area (Å²) in [4.78, 5) is 11.1. The largest absolute Gasteiger partial charge is 0.299 e. The first kappa shape index (κ1) is 12.2. The third-order valence-corrected chi connectivity index (χ3v) is 4.31. The quantitative estimate of drug-likeness (QED) is 0.588. The van der Waals surface area contributed by atoms with Crippen LogP contribution in [0.1, 0.15) is 25.3 Å². The van der Waals surface area contributed by atoms with Gasteiger partial charge in [0.15, 0.2) is 0 Å². The summed E-state index contributed by atoms with van der Waals surface area (Å²) < 4.78 is 1.20. The normalized spacial score (nSPS) is 14.9. The molecule has 0 aliphatic heterocycles. The van der Waals surface area contributed by atoms with E-state index in [0.29, 0.717) is 0 Å². The van der Waals surface area contributed by atoms with E-state index in [1.165, 1.54) is 9.13 Å². The first-order chi connectivity index (χ1) is 6.52. The van der Waals surface area contributed by atoms with Crippen molar-refractivity contribution < 1.29 is 4.79 Å². The Morgan fingerprint density at radius 3 is 2.64 bits per heavy atom. The maximum Gasteiger partial charge on any atom is 0.144 e. The summed E-state index contributed by atoms with van der Waals surface area (Å²) in [6.07, 6.45) is 0. The second-order valence-corrected chi connectivity index (χ2v) is 5.59. The molecule has 0 N–H and O–H groups in total. The van der Waals surface area contributed by atoms with Crippen LogP contribution in [0.5, 0.6) is 0 Å². The topological polar surface area (TPSA) is 17.1 Å². The van der Waals surface area contributed by atoms with Crippen LogP contribution in [-0.4, -0.2) is 10.6 Å². The molecule has 0 heterocycles. The van der Waals surface area contributed by atoms with E-state index in [4.69, 9.17) is 0 Å². The molecule has 1 rings (SSSR count). The lowest BCUT2D eigenvalue weighted by atomic mass is 9.96. The van der Waals surface area contributed by atoms with Gasteiger partial charge in [-0.2, -0.15) is 0 Å². The van der Waals surface area contributed by atoms with E-state index < -0.39 is 0 Å². The summed E-state index contributed by atoms with van der Waals surface area (Å²) in [5.74, 6) is 0.401. The van der Waals surface area contributed by atoms with Gasteiger partial charge in [-0.25, -0.2) is 0 Å². The molecule has 0 aliphatic rings. The van der Waals surface area contributed by atoms with Gasteiger partial charge in [0.1, 0.15) is 5.78 Å². The van der Waals surface area contributed by atoms with E-state index in [-0.39, 0.29) is 16.5 Å². The molecule has 0 fully saturated rings. The molecular weight excluding hydrogens is 355 g/mol. The van der Waals surface area contributed by atoms with Crippen molar-refractivity contribution in [3.05, 3.63) is 33.4 Å². The third kappa shape index (κ3) is 3.05. The van der Waals surface area contributed by atoms with Crippen LogP contribution in [0.25, 0.3) is 0 Å². The molecule has 2 atom stereocenters. The molecule has 14 heavy (non-hydrogen) atoms. The molecule has 1 aromatic rings. The van der Waals surface area contributed by atoms with Gasteiger partial charge >= 0.3 is 0 Å². The molecule has 3 heteroatoms.